The summed E-state index contributed by atoms with van der Waals surface area (Å²) in [6.07, 6.45) is 3.54. The maximum atomic E-state index is 12.6. The fourth-order valence-corrected chi connectivity index (χ4v) is 4.81. The van der Waals surface area contributed by atoms with Crippen LogP contribution in [0, 0.1) is 17.3 Å². The van der Waals surface area contributed by atoms with Crippen LogP contribution in [0.25, 0.3) is 0 Å². The number of alkyl halides is 1. The van der Waals surface area contributed by atoms with Crippen LogP contribution in [-0.4, -0.2) is 39.6 Å². The van der Waals surface area contributed by atoms with Gasteiger partial charge in [0.2, 0.25) is 0 Å². The number of hydrogen-bond donors (Lipinski definition) is 1. The van der Waals surface area contributed by atoms with Crippen LogP contribution in [-0.2, 0) is 23.9 Å². The highest BCUT2D eigenvalue weighted by molar-refractivity contribution is 14.1. The lowest BCUT2D eigenvalue weighted by atomic mass is 9.57. The number of carboxylic acid groups (broad SMARTS) is 1. The summed E-state index contributed by atoms with van der Waals surface area (Å²) < 4.78 is 11.3. The number of esters is 2. The quantitative estimate of drug-likeness (QED) is 0.379. The Bertz CT molecular complexity index is 517. The molecule has 0 aromatic rings. The predicted molar refractivity (Wildman–Crippen MR) is 94.8 cm³/mol. The van der Waals surface area contributed by atoms with Crippen molar-refractivity contribution < 1.29 is 29.0 Å². The highest BCUT2D eigenvalue weighted by atomic mass is 127. The molecule has 136 valence electrons. The highest BCUT2D eigenvalue weighted by Gasteiger charge is 2.55. The zero-order valence-corrected chi connectivity index (χ0v) is 16.3. The maximum absolute atomic E-state index is 12.6. The Kier molecular flexibility index (Phi) is 6.14. The van der Waals surface area contributed by atoms with Crippen molar-refractivity contribution in [1.82, 2.24) is 0 Å². The van der Waals surface area contributed by atoms with Crippen LogP contribution >= 0.6 is 22.6 Å². The SMILES string of the molecule is CC1CC2CC(OC(=O)CI)(C1)CC(C)(C(=O)OCCC(=O)O)C2. The molecule has 0 heterocycles. The summed E-state index contributed by atoms with van der Waals surface area (Å²) >= 11 is 1.99. The molecule has 2 aliphatic carbocycles. The second-order valence-electron chi connectivity index (χ2n) is 7.63. The summed E-state index contributed by atoms with van der Waals surface area (Å²) in [5.41, 5.74) is -1.32. The standard InChI is InChI=1S/C17H25IO6/c1-11-5-12-7-16(2,15(22)23-4-3-13(19)20)10-17(6-11,8-12)24-14(21)9-18/h11-12H,3-10H2,1-2H3,(H,19,20). The molecule has 2 saturated carbocycles. The Morgan fingerprint density at radius 3 is 2.58 bits per heavy atom. The molecule has 2 bridgehead atoms. The van der Waals surface area contributed by atoms with E-state index in [0.29, 0.717) is 29.1 Å². The van der Waals surface area contributed by atoms with Gasteiger partial charge in [-0.2, -0.15) is 0 Å². The molecule has 2 aliphatic rings. The van der Waals surface area contributed by atoms with Crippen molar-refractivity contribution in [3.8, 4) is 0 Å². The third-order valence-electron chi connectivity index (χ3n) is 5.05. The second kappa shape index (κ2) is 7.58. The Hall–Kier alpha value is -0.860. The van der Waals surface area contributed by atoms with Gasteiger partial charge < -0.3 is 14.6 Å². The van der Waals surface area contributed by atoms with Gasteiger partial charge >= 0.3 is 17.9 Å². The zero-order chi connectivity index (χ0) is 18.0. The lowest BCUT2D eigenvalue weighted by Gasteiger charge is -2.52. The van der Waals surface area contributed by atoms with Crippen LogP contribution in [0.2, 0.25) is 0 Å². The summed E-state index contributed by atoms with van der Waals surface area (Å²) in [6, 6.07) is 0. The first-order chi connectivity index (χ1) is 11.2. The maximum Gasteiger partial charge on any atom is 0.316 e. The van der Waals surface area contributed by atoms with E-state index in [1.165, 1.54) is 0 Å². The van der Waals surface area contributed by atoms with E-state index in [-0.39, 0.29) is 25.0 Å². The molecule has 0 aliphatic heterocycles. The Morgan fingerprint density at radius 2 is 1.96 bits per heavy atom. The van der Waals surface area contributed by atoms with Gasteiger partial charge in [-0.25, -0.2) is 0 Å². The molecule has 1 N–H and O–H groups in total. The van der Waals surface area contributed by atoms with Gasteiger partial charge in [0.1, 0.15) is 12.2 Å². The van der Waals surface area contributed by atoms with Gasteiger partial charge in [0, 0.05) is 6.42 Å². The molecule has 0 spiro atoms. The molecule has 7 heteroatoms. The van der Waals surface area contributed by atoms with Crippen molar-refractivity contribution in [2.45, 2.75) is 58.0 Å². The first kappa shape index (κ1) is 19.5. The molecule has 2 rings (SSSR count). The molecular weight excluding hydrogens is 427 g/mol. The molecule has 2 fully saturated rings. The van der Waals surface area contributed by atoms with Crippen molar-refractivity contribution in [1.29, 1.82) is 0 Å². The van der Waals surface area contributed by atoms with Crippen LogP contribution in [0.1, 0.15) is 52.4 Å². The van der Waals surface area contributed by atoms with Crippen LogP contribution in [0.5, 0.6) is 0 Å². The number of halogens is 1. The minimum Gasteiger partial charge on any atom is -0.481 e. The number of carboxylic acids is 1. The molecule has 0 aromatic heterocycles. The Morgan fingerprint density at radius 1 is 1.25 bits per heavy atom. The number of ether oxygens (including phenoxy) is 2. The molecular formula is C17H25IO6. The predicted octanol–water partition coefficient (Wildman–Crippen LogP) is 2.96. The summed E-state index contributed by atoms with van der Waals surface area (Å²) in [7, 11) is 0. The van der Waals surface area contributed by atoms with Crippen LogP contribution < -0.4 is 0 Å². The summed E-state index contributed by atoms with van der Waals surface area (Å²) in [6.45, 7) is 3.89. The number of carbonyl (C=O) groups excluding carboxylic acids is 2. The van der Waals surface area contributed by atoms with E-state index in [2.05, 4.69) is 6.92 Å². The fourth-order valence-electron chi connectivity index (χ4n) is 4.65. The van der Waals surface area contributed by atoms with E-state index in [4.69, 9.17) is 14.6 Å². The Balaban J connectivity index is 2.12. The van der Waals surface area contributed by atoms with E-state index >= 15 is 0 Å². The van der Waals surface area contributed by atoms with E-state index in [9.17, 15) is 14.4 Å². The summed E-state index contributed by atoms with van der Waals surface area (Å²) in [5.74, 6) is -0.834. The smallest absolute Gasteiger partial charge is 0.316 e. The first-order valence-electron chi connectivity index (χ1n) is 8.35. The fraction of sp³-hybridized carbons (Fsp3) is 0.824. The zero-order valence-electron chi connectivity index (χ0n) is 14.2. The van der Waals surface area contributed by atoms with Gasteiger partial charge in [-0.1, -0.05) is 29.5 Å². The molecule has 0 radical (unpaired) electrons. The van der Waals surface area contributed by atoms with Crippen LogP contribution in [0.3, 0.4) is 0 Å². The molecule has 24 heavy (non-hydrogen) atoms. The highest BCUT2D eigenvalue weighted by Crippen LogP contribution is 2.54. The molecule has 0 amide bonds. The minimum atomic E-state index is -0.991. The van der Waals surface area contributed by atoms with Gasteiger partial charge in [0.15, 0.2) is 0 Å². The monoisotopic (exact) mass is 452 g/mol. The van der Waals surface area contributed by atoms with Gasteiger partial charge in [0.05, 0.1) is 16.3 Å². The molecule has 0 aromatic carbocycles. The number of hydrogen-bond acceptors (Lipinski definition) is 5. The third kappa shape index (κ3) is 4.61. The number of aliphatic carboxylic acids is 1. The van der Waals surface area contributed by atoms with Gasteiger partial charge in [-0.05, 0) is 44.4 Å². The summed E-state index contributed by atoms with van der Waals surface area (Å²) in [4.78, 5) is 35.0. The van der Waals surface area contributed by atoms with Crippen molar-refractivity contribution in [3.05, 3.63) is 0 Å². The second-order valence-corrected chi connectivity index (χ2v) is 8.39. The average Bonchev–Trinajstić information content (AvgIpc) is 2.44. The van der Waals surface area contributed by atoms with E-state index in [1.807, 2.05) is 29.5 Å². The number of fused-ring (bicyclic) bond motifs is 2. The third-order valence-corrected chi connectivity index (χ3v) is 5.67. The van der Waals surface area contributed by atoms with Gasteiger partial charge in [0.25, 0.3) is 0 Å². The normalized spacial score (nSPS) is 35.1. The van der Waals surface area contributed by atoms with Crippen molar-refractivity contribution in [2.75, 3.05) is 11.0 Å². The number of rotatable bonds is 6. The molecule has 4 unspecified atom stereocenters. The largest absolute Gasteiger partial charge is 0.481 e. The topological polar surface area (TPSA) is 89.9 Å². The summed E-state index contributed by atoms with van der Waals surface area (Å²) in [5, 5.41) is 8.68. The molecule has 6 nitrogen and oxygen atoms in total. The Labute approximate surface area is 155 Å². The van der Waals surface area contributed by atoms with Crippen molar-refractivity contribution in [3.63, 3.8) is 0 Å². The average molecular weight is 452 g/mol. The first-order valence-corrected chi connectivity index (χ1v) is 9.87. The minimum absolute atomic E-state index is 0.120. The van der Waals surface area contributed by atoms with Crippen molar-refractivity contribution in [2.24, 2.45) is 17.3 Å². The lowest BCUT2D eigenvalue weighted by Crippen LogP contribution is -2.53. The van der Waals surface area contributed by atoms with Crippen molar-refractivity contribution >= 4 is 40.5 Å². The van der Waals surface area contributed by atoms with E-state index in [1.54, 1.807) is 0 Å². The molecule has 0 saturated heterocycles. The lowest BCUT2D eigenvalue weighted by molar-refractivity contribution is -0.189. The number of carbonyl (C=O) groups is 3. The molecule has 4 atom stereocenters. The van der Waals surface area contributed by atoms with Crippen LogP contribution in [0.15, 0.2) is 0 Å². The van der Waals surface area contributed by atoms with Gasteiger partial charge in [-0.15, -0.1) is 0 Å². The van der Waals surface area contributed by atoms with Gasteiger partial charge in [-0.3, -0.25) is 14.4 Å². The van der Waals surface area contributed by atoms with E-state index < -0.39 is 17.0 Å². The van der Waals surface area contributed by atoms with Crippen LogP contribution in [0.4, 0.5) is 0 Å². The van der Waals surface area contributed by atoms with E-state index in [0.717, 1.165) is 19.3 Å².